The van der Waals surface area contributed by atoms with Crippen molar-refractivity contribution >= 4 is 5.97 Å². The van der Waals surface area contributed by atoms with Crippen LogP contribution >= 0.6 is 0 Å². The van der Waals surface area contributed by atoms with Crippen LogP contribution in [0.25, 0.3) is 11.1 Å². The van der Waals surface area contributed by atoms with Gasteiger partial charge >= 0.3 is 5.97 Å². The molecule has 0 amide bonds. The minimum Gasteiger partial charge on any atom is -0.482 e. The SMILES string of the molecule is O=C(COc1ccc(-c2ccccc2)cc1)Oc1ccc(F)cc1. The second-order valence-electron chi connectivity index (χ2n) is 5.11. The summed E-state index contributed by atoms with van der Waals surface area (Å²) in [6.07, 6.45) is 0. The molecule has 0 saturated carbocycles. The summed E-state index contributed by atoms with van der Waals surface area (Å²) in [6, 6.07) is 22.7. The Bertz CT molecular complexity index is 797. The molecule has 4 heteroatoms. The molecular formula is C20H15FO3. The molecule has 120 valence electrons. The molecule has 0 N–H and O–H groups in total. The Labute approximate surface area is 139 Å². The first kappa shape index (κ1) is 15.7. The van der Waals surface area contributed by atoms with Crippen LogP contribution in [0.4, 0.5) is 4.39 Å². The summed E-state index contributed by atoms with van der Waals surface area (Å²) in [4.78, 5) is 11.7. The van der Waals surface area contributed by atoms with Crippen LogP contribution in [-0.4, -0.2) is 12.6 Å². The highest BCUT2D eigenvalue weighted by Crippen LogP contribution is 2.22. The van der Waals surface area contributed by atoms with Gasteiger partial charge in [0.1, 0.15) is 17.3 Å². The number of halogens is 1. The number of carbonyl (C=O) groups excluding carboxylic acids is 1. The Balaban J connectivity index is 1.54. The highest BCUT2D eigenvalue weighted by Gasteiger charge is 2.06. The fourth-order valence-electron chi connectivity index (χ4n) is 2.18. The molecule has 24 heavy (non-hydrogen) atoms. The molecule has 3 aromatic carbocycles. The summed E-state index contributed by atoms with van der Waals surface area (Å²) in [5, 5.41) is 0. The highest BCUT2D eigenvalue weighted by molar-refractivity contribution is 5.74. The molecule has 0 aliphatic heterocycles. The van der Waals surface area contributed by atoms with Crippen molar-refractivity contribution in [2.24, 2.45) is 0 Å². The molecule has 3 nitrogen and oxygen atoms in total. The first-order chi connectivity index (χ1) is 11.7. The molecule has 0 atom stereocenters. The quantitative estimate of drug-likeness (QED) is 0.513. The van der Waals surface area contributed by atoms with E-state index in [0.717, 1.165) is 11.1 Å². The standard InChI is InChI=1S/C20H15FO3/c21-17-8-12-19(13-9-17)24-20(22)14-23-18-10-6-16(7-11-18)15-4-2-1-3-5-15/h1-13H,14H2. The molecule has 3 aromatic rings. The average Bonchev–Trinajstić information content (AvgIpc) is 2.63. The Morgan fingerprint density at radius 3 is 2.00 bits per heavy atom. The zero-order valence-electron chi connectivity index (χ0n) is 12.8. The molecule has 0 radical (unpaired) electrons. The van der Waals surface area contributed by atoms with E-state index in [9.17, 15) is 9.18 Å². The van der Waals surface area contributed by atoms with Crippen LogP contribution in [0.3, 0.4) is 0 Å². The summed E-state index contributed by atoms with van der Waals surface area (Å²) < 4.78 is 23.2. The zero-order chi connectivity index (χ0) is 16.8. The second kappa shape index (κ2) is 7.42. The summed E-state index contributed by atoms with van der Waals surface area (Å²) in [5.41, 5.74) is 2.18. The van der Waals surface area contributed by atoms with Gasteiger partial charge in [-0.15, -0.1) is 0 Å². The van der Waals surface area contributed by atoms with E-state index in [0.29, 0.717) is 5.75 Å². The van der Waals surface area contributed by atoms with E-state index in [1.807, 2.05) is 42.5 Å². The third-order valence-electron chi connectivity index (χ3n) is 3.36. The van der Waals surface area contributed by atoms with Gasteiger partial charge in [0.05, 0.1) is 0 Å². The summed E-state index contributed by atoms with van der Waals surface area (Å²) >= 11 is 0. The third-order valence-corrected chi connectivity index (χ3v) is 3.36. The molecule has 0 saturated heterocycles. The van der Waals surface area contributed by atoms with E-state index in [4.69, 9.17) is 9.47 Å². The lowest BCUT2D eigenvalue weighted by atomic mass is 10.1. The fraction of sp³-hybridized carbons (Fsp3) is 0.0500. The normalized spacial score (nSPS) is 10.2. The van der Waals surface area contributed by atoms with Crippen LogP contribution in [0.15, 0.2) is 78.9 Å². The number of hydrogen-bond donors (Lipinski definition) is 0. The monoisotopic (exact) mass is 322 g/mol. The van der Waals surface area contributed by atoms with Crippen LogP contribution in [0, 0.1) is 5.82 Å². The molecule has 0 aromatic heterocycles. The van der Waals surface area contributed by atoms with E-state index < -0.39 is 5.97 Å². The maximum Gasteiger partial charge on any atom is 0.349 e. The topological polar surface area (TPSA) is 35.5 Å². The number of rotatable bonds is 5. The maximum absolute atomic E-state index is 12.8. The molecular weight excluding hydrogens is 307 g/mol. The number of ether oxygens (including phenoxy) is 2. The van der Waals surface area contributed by atoms with Crippen molar-refractivity contribution in [2.45, 2.75) is 0 Å². The molecule has 0 heterocycles. The second-order valence-corrected chi connectivity index (χ2v) is 5.11. The molecule has 3 rings (SSSR count). The Morgan fingerprint density at radius 2 is 1.33 bits per heavy atom. The van der Waals surface area contributed by atoms with Crippen LogP contribution in [-0.2, 0) is 4.79 Å². The van der Waals surface area contributed by atoms with Crippen LogP contribution in [0.1, 0.15) is 0 Å². The van der Waals surface area contributed by atoms with Crippen molar-refractivity contribution in [3.8, 4) is 22.6 Å². The van der Waals surface area contributed by atoms with Gasteiger partial charge in [-0.05, 0) is 47.5 Å². The molecule has 0 bridgehead atoms. The summed E-state index contributed by atoms with van der Waals surface area (Å²) in [6.45, 7) is -0.220. The van der Waals surface area contributed by atoms with E-state index in [1.54, 1.807) is 12.1 Å². The van der Waals surface area contributed by atoms with Crippen LogP contribution in [0.5, 0.6) is 11.5 Å². The van der Waals surface area contributed by atoms with Crippen molar-refractivity contribution in [2.75, 3.05) is 6.61 Å². The number of esters is 1. The molecule has 0 unspecified atom stereocenters. The van der Waals surface area contributed by atoms with Crippen molar-refractivity contribution in [3.05, 3.63) is 84.7 Å². The number of hydrogen-bond acceptors (Lipinski definition) is 3. The van der Waals surface area contributed by atoms with Crippen LogP contribution in [0.2, 0.25) is 0 Å². The lowest BCUT2D eigenvalue weighted by Crippen LogP contribution is -2.17. The fourth-order valence-corrected chi connectivity index (χ4v) is 2.18. The largest absolute Gasteiger partial charge is 0.482 e. The molecule has 0 fully saturated rings. The molecule has 0 aliphatic rings. The smallest absolute Gasteiger partial charge is 0.349 e. The molecule has 0 aliphatic carbocycles. The zero-order valence-corrected chi connectivity index (χ0v) is 12.8. The predicted molar refractivity (Wildman–Crippen MR) is 89.4 cm³/mol. The van der Waals surface area contributed by atoms with Crippen molar-refractivity contribution in [3.63, 3.8) is 0 Å². The predicted octanol–water partition coefficient (Wildman–Crippen LogP) is 4.48. The van der Waals surface area contributed by atoms with Gasteiger partial charge < -0.3 is 9.47 Å². The first-order valence-corrected chi connectivity index (χ1v) is 7.45. The highest BCUT2D eigenvalue weighted by atomic mass is 19.1. The van der Waals surface area contributed by atoms with Crippen molar-refractivity contribution < 1.29 is 18.7 Å². The maximum atomic E-state index is 12.8. The van der Waals surface area contributed by atoms with Gasteiger partial charge in [-0.1, -0.05) is 42.5 Å². The van der Waals surface area contributed by atoms with E-state index >= 15 is 0 Å². The minimum atomic E-state index is -0.547. The van der Waals surface area contributed by atoms with Gasteiger partial charge in [-0.3, -0.25) is 0 Å². The lowest BCUT2D eigenvalue weighted by Gasteiger charge is -2.08. The average molecular weight is 322 g/mol. The van der Waals surface area contributed by atoms with E-state index in [-0.39, 0.29) is 18.2 Å². The third kappa shape index (κ3) is 4.20. The van der Waals surface area contributed by atoms with Gasteiger partial charge in [0.15, 0.2) is 6.61 Å². The van der Waals surface area contributed by atoms with Gasteiger partial charge in [0.25, 0.3) is 0 Å². The minimum absolute atomic E-state index is 0.220. The summed E-state index contributed by atoms with van der Waals surface area (Å²) in [7, 11) is 0. The van der Waals surface area contributed by atoms with Crippen molar-refractivity contribution in [1.29, 1.82) is 0 Å². The number of carbonyl (C=O) groups is 1. The van der Waals surface area contributed by atoms with Gasteiger partial charge in [0.2, 0.25) is 0 Å². The number of benzene rings is 3. The Morgan fingerprint density at radius 1 is 0.750 bits per heavy atom. The van der Waals surface area contributed by atoms with E-state index in [1.165, 1.54) is 24.3 Å². The van der Waals surface area contributed by atoms with Gasteiger partial charge in [0, 0.05) is 0 Å². The van der Waals surface area contributed by atoms with Crippen molar-refractivity contribution in [1.82, 2.24) is 0 Å². The lowest BCUT2D eigenvalue weighted by molar-refractivity contribution is -0.136. The van der Waals surface area contributed by atoms with Gasteiger partial charge in [-0.2, -0.15) is 0 Å². The Kier molecular flexibility index (Phi) is 4.87. The first-order valence-electron chi connectivity index (χ1n) is 7.45. The van der Waals surface area contributed by atoms with Crippen LogP contribution < -0.4 is 9.47 Å². The Hall–Kier alpha value is -3.14. The summed E-state index contributed by atoms with van der Waals surface area (Å²) in [5.74, 6) is -0.0755. The van der Waals surface area contributed by atoms with E-state index in [2.05, 4.69) is 0 Å². The molecule has 0 spiro atoms. The van der Waals surface area contributed by atoms with Gasteiger partial charge in [-0.25, -0.2) is 9.18 Å².